The maximum Gasteiger partial charge on any atom is 0.351 e. The number of nitrogens with zero attached hydrogens (tertiary/aromatic N) is 6. The fraction of sp³-hybridized carbons (Fsp3) is 0.176. The normalized spacial score (nSPS) is 11.6. The van der Waals surface area contributed by atoms with Gasteiger partial charge in [0, 0.05) is 18.3 Å². The minimum atomic E-state index is -0.498. The molecule has 3 aromatic rings. The molecule has 0 atom stereocenters. The first-order valence-corrected chi connectivity index (χ1v) is 8.20. The van der Waals surface area contributed by atoms with Crippen molar-refractivity contribution in [2.45, 2.75) is 13.0 Å². The number of hydrogen-bond acceptors (Lipinski definition) is 7. The number of rotatable bonds is 7. The highest BCUT2D eigenvalue weighted by Gasteiger charge is 2.11. The second-order valence-corrected chi connectivity index (χ2v) is 5.85. The van der Waals surface area contributed by atoms with Crippen molar-refractivity contribution >= 4 is 5.91 Å². The Bertz CT molecular complexity index is 1070. The lowest BCUT2D eigenvalue weighted by Crippen LogP contribution is -2.26. The van der Waals surface area contributed by atoms with Gasteiger partial charge in [-0.2, -0.15) is 5.10 Å². The van der Waals surface area contributed by atoms with E-state index in [1.165, 1.54) is 23.3 Å². The average Bonchev–Trinajstić information content (AvgIpc) is 3.06. The van der Waals surface area contributed by atoms with E-state index >= 15 is 0 Å². The molecule has 0 aromatic carbocycles. The van der Waals surface area contributed by atoms with Gasteiger partial charge < -0.3 is 11.5 Å². The summed E-state index contributed by atoms with van der Waals surface area (Å²) in [5, 5.41) is 3.93. The largest absolute Gasteiger partial charge is 0.369 e. The summed E-state index contributed by atoms with van der Waals surface area (Å²) >= 11 is 0. The quantitative estimate of drug-likeness (QED) is 0.569. The van der Waals surface area contributed by atoms with Crippen LogP contribution in [0.2, 0.25) is 0 Å². The van der Waals surface area contributed by atoms with Crippen LogP contribution in [0.3, 0.4) is 0 Å². The zero-order valence-electron chi connectivity index (χ0n) is 14.7. The lowest BCUT2D eigenvalue weighted by atomic mass is 10.1. The third-order valence-electron chi connectivity index (χ3n) is 3.86. The van der Waals surface area contributed by atoms with Gasteiger partial charge in [-0.25, -0.2) is 23.4 Å². The maximum absolute atomic E-state index is 12.7. The number of hydrogen-bond donors (Lipinski definition) is 2. The molecule has 3 heterocycles. The lowest BCUT2D eigenvalue weighted by Gasteiger charge is -2.04. The Labute approximate surface area is 158 Å². The Morgan fingerprint density at radius 1 is 1.25 bits per heavy atom. The van der Waals surface area contributed by atoms with Crippen LogP contribution in [-0.4, -0.2) is 41.8 Å². The molecule has 0 saturated carbocycles. The first kappa shape index (κ1) is 19.0. The first-order valence-electron chi connectivity index (χ1n) is 8.20. The third kappa shape index (κ3) is 4.15. The Balaban J connectivity index is 1.85. The minimum Gasteiger partial charge on any atom is -0.369 e. The minimum absolute atomic E-state index is 0.0199. The van der Waals surface area contributed by atoms with E-state index in [2.05, 4.69) is 20.1 Å². The number of amides is 1. The molecule has 0 aliphatic rings. The van der Waals surface area contributed by atoms with Crippen molar-refractivity contribution in [3.8, 4) is 17.1 Å². The molecule has 0 spiro atoms. The second-order valence-electron chi connectivity index (χ2n) is 5.85. The molecule has 10 nitrogen and oxygen atoms in total. The van der Waals surface area contributed by atoms with E-state index in [0.717, 1.165) is 4.68 Å². The van der Waals surface area contributed by atoms with Gasteiger partial charge in [0.2, 0.25) is 5.91 Å². The molecule has 3 aromatic heterocycles. The van der Waals surface area contributed by atoms with Crippen LogP contribution in [0.25, 0.3) is 17.1 Å². The summed E-state index contributed by atoms with van der Waals surface area (Å²) < 4.78 is 14.9. The molecule has 0 bridgehead atoms. The number of aromatic nitrogens is 6. The Morgan fingerprint density at radius 2 is 2.07 bits per heavy atom. The molecule has 28 heavy (non-hydrogen) atoms. The summed E-state index contributed by atoms with van der Waals surface area (Å²) in [6, 6.07) is 3.41. The van der Waals surface area contributed by atoms with Gasteiger partial charge in [0.25, 0.3) is 0 Å². The highest BCUT2D eigenvalue weighted by Crippen LogP contribution is 2.17. The van der Waals surface area contributed by atoms with Crippen molar-refractivity contribution in [3.63, 3.8) is 0 Å². The number of pyridine rings is 1. The van der Waals surface area contributed by atoms with Crippen LogP contribution in [0.15, 0.2) is 53.7 Å². The molecule has 11 heteroatoms. The average molecular weight is 384 g/mol. The smallest absolute Gasteiger partial charge is 0.351 e. The fourth-order valence-corrected chi connectivity index (χ4v) is 2.45. The van der Waals surface area contributed by atoms with E-state index in [9.17, 15) is 14.0 Å². The Morgan fingerprint density at radius 3 is 2.71 bits per heavy atom. The van der Waals surface area contributed by atoms with Gasteiger partial charge >= 0.3 is 5.69 Å². The van der Waals surface area contributed by atoms with Crippen LogP contribution in [0, 0.1) is 0 Å². The SMILES string of the molecule is NC/C(=C\F)Cn1ncn(-c2cnc(-c3ccnc(CC(N)=O)c3)cn2)c1=O. The zero-order chi connectivity index (χ0) is 20.1. The number of nitrogens with two attached hydrogens (primary N) is 2. The highest BCUT2D eigenvalue weighted by molar-refractivity contribution is 5.76. The van der Waals surface area contributed by atoms with Gasteiger partial charge in [-0.15, -0.1) is 0 Å². The predicted octanol–water partition coefficient (Wildman–Crippen LogP) is -0.274. The van der Waals surface area contributed by atoms with E-state index in [0.29, 0.717) is 23.3 Å². The second kappa shape index (κ2) is 8.31. The summed E-state index contributed by atoms with van der Waals surface area (Å²) in [6.07, 6.45) is 6.09. The summed E-state index contributed by atoms with van der Waals surface area (Å²) in [5.41, 5.74) is 12.1. The molecular formula is C17H17FN8O2. The first-order chi connectivity index (χ1) is 13.5. The van der Waals surface area contributed by atoms with Gasteiger partial charge in [0.05, 0.1) is 43.1 Å². The van der Waals surface area contributed by atoms with Crippen LogP contribution < -0.4 is 17.2 Å². The molecular weight excluding hydrogens is 367 g/mol. The molecule has 0 fully saturated rings. The molecule has 0 aliphatic heterocycles. The van der Waals surface area contributed by atoms with E-state index in [4.69, 9.17) is 11.5 Å². The van der Waals surface area contributed by atoms with Crippen molar-refractivity contribution in [2.75, 3.05) is 6.54 Å². The molecule has 1 amide bonds. The van der Waals surface area contributed by atoms with Crippen molar-refractivity contribution < 1.29 is 9.18 Å². The molecule has 0 radical (unpaired) electrons. The van der Waals surface area contributed by atoms with Crippen LogP contribution in [0.4, 0.5) is 4.39 Å². The summed E-state index contributed by atoms with van der Waals surface area (Å²) in [7, 11) is 0. The molecule has 144 valence electrons. The standard InChI is InChI=1S/C17H17FN8O2/c18-5-11(6-19)9-26-17(28)25(10-24-26)16-8-22-14(7-23-16)12-1-2-21-13(3-12)4-15(20)27/h1-3,5,7-8,10H,4,6,9,19H2,(H2,20,27)/b11-5+. The predicted molar refractivity (Wildman–Crippen MR) is 97.8 cm³/mol. The van der Waals surface area contributed by atoms with Crippen LogP contribution in [0.1, 0.15) is 5.69 Å². The lowest BCUT2D eigenvalue weighted by molar-refractivity contribution is -0.117. The summed E-state index contributed by atoms with van der Waals surface area (Å²) in [5.74, 6) is -0.229. The van der Waals surface area contributed by atoms with Crippen molar-refractivity contribution in [3.05, 3.63) is 65.1 Å². The summed E-state index contributed by atoms with van der Waals surface area (Å²) in [6.45, 7) is -0.0715. The van der Waals surface area contributed by atoms with E-state index in [1.807, 2.05) is 0 Å². The Kier molecular flexibility index (Phi) is 5.65. The summed E-state index contributed by atoms with van der Waals surface area (Å²) in [4.78, 5) is 36.0. The molecule has 0 unspecified atom stereocenters. The van der Waals surface area contributed by atoms with Gasteiger partial charge in [0.1, 0.15) is 6.33 Å². The van der Waals surface area contributed by atoms with Gasteiger partial charge in [-0.3, -0.25) is 14.8 Å². The van der Waals surface area contributed by atoms with Gasteiger partial charge in [-0.05, 0) is 17.7 Å². The number of carbonyl (C=O) groups excluding carboxylic acids is 1. The Hall–Kier alpha value is -3.73. The maximum atomic E-state index is 12.7. The number of halogens is 1. The van der Waals surface area contributed by atoms with E-state index in [-0.39, 0.29) is 30.9 Å². The molecule has 0 aliphatic carbocycles. The number of primary amides is 1. The molecule has 3 rings (SSSR count). The van der Waals surface area contributed by atoms with Crippen molar-refractivity contribution in [2.24, 2.45) is 11.5 Å². The van der Waals surface area contributed by atoms with Gasteiger partial charge in [-0.1, -0.05) is 0 Å². The molecule has 0 saturated heterocycles. The topological polar surface area (TPSA) is 148 Å². The van der Waals surface area contributed by atoms with Gasteiger partial charge in [0.15, 0.2) is 5.82 Å². The molecule has 4 N–H and O–H groups in total. The van der Waals surface area contributed by atoms with E-state index < -0.39 is 11.6 Å². The third-order valence-corrected chi connectivity index (χ3v) is 3.86. The van der Waals surface area contributed by atoms with Crippen LogP contribution >= 0.6 is 0 Å². The zero-order valence-corrected chi connectivity index (χ0v) is 14.7. The number of carbonyl (C=O) groups is 1. The van der Waals surface area contributed by atoms with Crippen LogP contribution in [0.5, 0.6) is 0 Å². The monoisotopic (exact) mass is 384 g/mol. The van der Waals surface area contributed by atoms with E-state index in [1.54, 1.807) is 18.3 Å². The van der Waals surface area contributed by atoms with Crippen LogP contribution in [-0.2, 0) is 17.8 Å². The van der Waals surface area contributed by atoms with Crippen molar-refractivity contribution in [1.82, 2.24) is 29.3 Å². The highest BCUT2D eigenvalue weighted by atomic mass is 19.1. The van der Waals surface area contributed by atoms with Crippen molar-refractivity contribution in [1.29, 1.82) is 0 Å². The fourth-order valence-electron chi connectivity index (χ4n) is 2.45.